The molecule has 190 valence electrons. The topological polar surface area (TPSA) is 29.5 Å². The van der Waals surface area contributed by atoms with Crippen LogP contribution in [0.3, 0.4) is 0 Å². The molecule has 0 spiro atoms. The smallest absolute Gasteiger partial charge is 0.127 e. The lowest BCUT2D eigenvalue weighted by molar-refractivity contribution is 0.0512. The second-order valence-electron chi connectivity index (χ2n) is 12.3. The molecule has 0 amide bonds. The number of hydrogen-bond acceptors (Lipinski definition) is 2. The number of ether oxygens (including phenoxy) is 1. The first-order chi connectivity index (χ1) is 15.4. The molecule has 4 atom stereocenters. The zero-order chi connectivity index (χ0) is 24.8. The van der Waals surface area contributed by atoms with Crippen molar-refractivity contribution in [2.24, 2.45) is 23.7 Å². The molecular weight excluding hydrogens is 404 g/mol. The predicted octanol–water partition coefficient (Wildman–Crippen LogP) is 9.48. The lowest BCUT2D eigenvalue weighted by Crippen LogP contribution is -2.37. The van der Waals surface area contributed by atoms with Gasteiger partial charge in [-0.15, -0.1) is 0 Å². The molecular formula is C31H54O2. The van der Waals surface area contributed by atoms with Gasteiger partial charge < -0.3 is 9.84 Å². The summed E-state index contributed by atoms with van der Waals surface area (Å²) >= 11 is 0. The van der Waals surface area contributed by atoms with Crippen molar-refractivity contribution in [1.82, 2.24) is 0 Å². The van der Waals surface area contributed by atoms with Gasteiger partial charge in [0.1, 0.15) is 17.1 Å². The van der Waals surface area contributed by atoms with E-state index in [0.29, 0.717) is 5.75 Å². The van der Waals surface area contributed by atoms with E-state index in [9.17, 15) is 5.11 Å². The Bertz CT molecular complexity index is 750. The quantitative estimate of drug-likeness (QED) is 0.319. The maximum atomic E-state index is 10.4. The van der Waals surface area contributed by atoms with Crippen LogP contribution in [0.5, 0.6) is 11.5 Å². The molecule has 2 heteroatoms. The molecule has 1 aromatic carbocycles. The molecule has 0 saturated carbocycles. The average molecular weight is 459 g/mol. The van der Waals surface area contributed by atoms with Gasteiger partial charge in [-0.3, -0.25) is 0 Å². The van der Waals surface area contributed by atoms with Crippen molar-refractivity contribution in [3.05, 3.63) is 22.3 Å². The summed E-state index contributed by atoms with van der Waals surface area (Å²) < 4.78 is 6.62. The van der Waals surface area contributed by atoms with Crippen LogP contribution in [-0.2, 0) is 6.42 Å². The van der Waals surface area contributed by atoms with Gasteiger partial charge in [-0.2, -0.15) is 0 Å². The second kappa shape index (κ2) is 12.5. The predicted molar refractivity (Wildman–Crippen MR) is 144 cm³/mol. The molecule has 1 aliphatic heterocycles. The Balaban J connectivity index is 1.70. The largest absolute Gasteiger partial charge is 0.507 e. The van der Waals surface area contributed by atoms with Crippen molar-refractivity contribution in [1.29, 1.82) is 0 Å². The Labute approximate surface area is 205 Å². The number of rotatable bonds is 13. The van der Waals surface area contributed by atoms with E-state index in [1.54, 1.807) is 0 Å². The molecule has 33 heavy (non-hydrogen) atoms. The van der Waals surface area contributed by atoms with Gasteiger partial charge in [0.05, 0.1) is 0 Å². The zero-order valence-electron chi connectivity index (χ0n) is 23.4. The van der Waals surface area contributed by atoms with Gasteiger partial charge in [0.15, 0.2) is 0 Å². The van der Waals surface area contributed by atoms with Gasteiger partial charge >= 0.3 is 0 Å². The van der Waals surface area contributed by atoms with Gasteiger partial charge in [-0.05, 0) is 93.7 Å². The van der Waals surface area contributed by atoms with E-state index in [1.165, 1.54) is 56.9 Å². The number of fused-ring (bicyclic) bond motifs is 1. The normalized spacial score (nSPS) is 20.9. The molecule has 2 nitrogen and oxygen atoms in total. The third-order valence-corrected chi connectivity index (χ3v) is 8.88. The van der Waals surface area contributed by atoms with Crippen LogP contribution in [0.1, 0.15) is 128 Å². The van der Waals surface area contributed by atoms with Crippen LogP contribution in [0.15, 0.2) is 0 Å². The highest BCUT2D eigenvalue weighted by atomic mass is 16.5. The summed E-state index contributed by atoms with van der Waals surface area (Å²) in [5.41, 5.74) is 4.23. The van der Waals surface area contributed by atoms with Crippen molar-refractivity contribution in [2.45, 2.75) is 139 Å². The highest BCUT2D eigenvalue weighted by Gasteiger charge is 2.34. The van der Waals surface area contributed by atoms with Crippen LogP contribution in [0, 0.1) is 44.4 Å². The molecule has 0 saturated heterocycles. The lowest BCUT2D eigenvalue weighted by Gasteiger charge is -2.38. The van der Waals surface area contributed by atoms with Gasteiger partial charge in [0, 0.05) is 5.56 Å². The van der Waals surface area contributed by atoms with Crippen LogP contribution in [0.2, 0.25) is 0 Å². The fourth-order valence-electron chi connectivity index (χ4n) is 5.52. The minimum Gasteiger partial charge on any atom is -0.507 e. The number of hydrogen-bond donors (Lipinski definition) is 1. The van der Waals surface area contributed by atoms with Crippen molar-refractivity contribution in [3.8, 4) is 11.5 Å². The van der Waals surface area contributed by atoms with Crippen LogP contribution in [0.25, 0.3) is 0 Å². The SMILES string of the molecule is Cc1c(C)c2c(c(C)c1O)CCC(C)(CCC[C@H](C)CCC[C@H](C)CCC[C@H](C)C(C)C)O2. The third-order valence-electron chi connectivity index (χ3n) is 8.88. The zero-order valence-corrected chi connectivity index (χ0v) is 23.4. The fraction of sp³-hybridized carbons (Fsp3) is 0.806. The summed E-state index contributed by atoms with van der Waals surface area (Å²) in [4.78, 5) is 0. The molecule has 0 aromatic heterocycles. The highest BCUT2D eigenvalue weighted by molar-refractivity contribution is 5.58. The van der Waals surface area contributed by atoms with E-state index in [4.69, 9.17) is 4.74 Å². The maximum Gasteiger partial charge on any atom is 0.127 e. The fourth-order valence-corrected chi connectivity index (χ4v) is 5.52. The van der Waals surface area contributed by atoms with Crippen LogP contribution < -0.4 is 4.74 Å². The first kappa shape index (κ1) is 28.1. The summed E-state index contributed by atoms with van der Waals surface area (Å²) in [6, 6.07) is 0. The van der Waals surface area contributed by atoms with Crippen LogP contribution in [-0.4, -0.2) is 10.7 Å². The van der Waals surface area contributed by atoms with Crippen molar-refractivity contribution >= 4 is 0 Å². The Morgan fingerprint density at radius 3 is 1.91 bits per heavy atom. The van der Waals surface area contributed by atoms with E-state index in [0.717, 1.165) is 65.4 Å². The minimum atomic E-state index is -0.0744. The minimum absolute atomic E-state index is 0.0744. The van der Waals surface area contributed by atoms with Gasteiger partial charge in [-0.1, -0.05) is 79.6 Å². The molecule has 0 radical (unpaired) electrons. The van der Waals surface area contributed by atoms with E-state index in [1.807, 2.05) is 13.8 Å². The van der Waals surface area contributed by atoms with E-state index < -0.39 is 0 Å². The van der Waals surface area contributed by atoms with E-state index in [2.05, 4.69) is 48.5 Å². The maximum absolute atomic E-state index is 10.4. The van der Waals surface area contributed by atoms with Crippen molar-refractivity contribution in [2.75, 3.05) is 0 Å². The summed E-state index contributed by atoms with van der Waals surface area (Å²) in [6.07, 6.45) is 14.1. The number of phenolic OH excluding ortho intramolecular Hbond substituents is 1. The Kier molecular flexibility index (Phi) is 10.6. The molecule has 1 heterocycles. The summed E-state index contributed by atoms with van der Waals surface area (Å²) in [6.45, 7) is 20.4. The Morgan fingerprint density at radius 1 is 0.788 bits per heavy atom. The number of phenols is 1. The van der Waals surface area contributed by atoms with Crippen LogP contribution >= 0.6 is 0 Å². The number of benzene rings is 1. The first-order valence-corrected chi connectivity index (χ1v) is 14.0. The summed E-state index contributed by atoms with van der Waals surface area (Å²) in [5, 5.41) is 10.4. The molecule has 0 fully saturated rings. The molecule has 0 bridgehead atoms. The third kappa shape index (κ3) is 7.93. The highest BCUT2D eigenvalue weighted by Crippen LogP contribution is 2.44. The molecule has 0 aliphatic carbocycles. The van der Waals surface area contributed by atoms with E-state index >= 15 is 0 Å². The molecule has 1 N–H and O–H groups in total. The lowest BCUT2D eigenvalue weighted by atomic mass is 9.83. The molecule has 2 rings (SSSR count). The standard InChI is InChI=1S/C31H54O2/c1-21(2)24(5)17-11-15-22(3)13-10-14-23(4)16-12-19-31(9)20-18-28-27(8)29(32)25(6)26(7)30(28)33-31/h21-24,32H,10-20H2,1-9H3/t22-,23+,24-,31?/m0/s1. The molecule has 1 aliphatic rings. The summed E-state index contributed by atoms with van der Waals surface area (Å²) in [5.74, 6) is 4.86. The number of aromatic hydroxyl groups is 1. The molecule has 1 aromatic rings. The molecule has 1 unspecified atom stereocenters. The van der Waals surface area contributed by atoms with Crippen molar-refractivity contribution in [3.63, 3.8) is 0 Å². The first-order valence-electron chi connectivity index (χ1n) is 14.0. The van der Waals surface area contributed by atoms with Gasteiger partial charge in [-0.25, -0.2) is 0 Å². The average Bonchev–Trinajstić information content (AvgIpc) is 2.76. The monoisotopic (exact) mass is 458 g/mol. The second-order valence-corrected chi connectivity index (χ2v) is 12.3. The van der Waals surface area contributed by atoms with Crippen molar-refractivity contribution < 1.29 is 9.84 Å². The van der Waals surface area contributed by atoms with Crippen LogP contribution in [0.4, 0.5) is 0 Å². The van der Waals surface area contributed by atoms with E-state index in [-0.39, 0.29) is 5.60 Å². The Morgan fingerprint density at radius 2 is 1.33 bits per heavy atom. The van der Waals surface area contributed by atoms with Gasteiger partial charge in [0.25, 0.3) is 0 Å². The van der Waals surface area contributed by atoms with Gasteiger partial charge in [0.2, 0.25) is 0 Å². The Hall–Kier alpha value is -1.18. The summed E-state index contributed by atoms with van der Waals surface area (Å²) in [7, 11) is 0.